The Morgan fingerprint density at radius 1 is 0.379 bits per heavy atom. The van der Waals surface area contributed by atoms with Crippen LogP contribution in [0.4, 0.5) is 0 Å². The lowest BCUT2D eigenvalue weighted by molar-refractivity contribution is -0.163. The number of allylic oxidation sites excluding steroid dienone is 8. The molecule has 0 aliphatic rings. The van der Waals surface area contributed by atoms with Gasteiger partial charge in [0.2, 0.25) is 0 Å². The zero-order chi connectivity index (χ0) is 42.1. The van der Waals surface area contributed by atoms with E-state index < -0.39 is 6.10 Å². The molecule has 0 aromatic carbocycles. The molecule has 1 unspecified atom stereocenters. The molecule has 0 aliphatic carbocycles. The highest BCUT2D eigenvalue weighted by atomic mass is 16.6. The molecule has 0 saturated carbocycles. The SMILES string of the molecule is CCCC/C=C\CCCCCCCC(=O)OC(COCCCCCCCC/C=C\CCCCCC)COC(=O)CCCCCCCCC/C=C\C/C=C\CCCCC. The van der Waals surface area contributed by atoms with E-state index in [2.05, 4.69) is 69.4 Å². The maximum atomic E-state index is 12.7. The van der Waals surface area contributed by atoms with E-state index >= 15 is 0 Å². The molecule has 0 fully saturated rings. The first kappa shape index (κ1) is 55.9. The van der Waals surface area contributed by atoms with Gasteiger partial charge in [-0.3, -0.25) is 9.59 Å². The molecule has 0 aromatic heterocycles. The Bertz CT molecular complexity index is 966. The van der Waals surface area contributed by atoms with E-state index in [1.807, 2.05) is 0 Å². The number of hydrogen-bond donors (Lipinski definition) is 0. The maximum Gasteiger partial charge on any atom is 0.306 e. The van der Waals surface area contributed by atoms with Crippen LogP contribution in [-0.2, 0) is 23.8 Å². The van der Waals surface area contributed by atoms with Gasteiger partial charge < -0.3 is 14.2 Å². The lowest BCUT2D eigenvalue weighted by Crippen LogP contribution is -2.30. The van der Waals surface area contributed by atoms with Crippen LogP contribution in [0.3, 0.4) is 0 Å². The third-order valence-corrected chi connectivity index (χ3v) is 10.8. The summed E-state index contributed by atoms with van der Waals surface area (Å²) < 4.78 is 17.4. The Morgan fingerprint density at radius 2 is 0.741 bits per heavy atom. The Labute approximate surface area is 361 Å². The second kappa shape index (κ2) is 49.2. The molecular formula is C53H96O5. The number of ether oxygens (including phenoxy) is 3. The highest BCUT2D eigenvalue weighted by Gasteiger charge is 2.17. The van der Waals surface area contributed by atoms with Crippen LogP contribution in [-0.4, -0.2) is 37.9 Å². The molecule has 1 atom stereocenters. The average molecular weight is 813 g/mol. The fourth-order valence-corrected chi connectivity index (χ4v) is 6.99. The fourth-order valence-electron chi connectivity index (χ4n) is 6.99. The van der Waals surface area contributed by atoms with Crippen molar-refractivity contribution in [3.63, 3.8) is 0 Å². The molecule has 0 spiro atoms. The number of carbonyl (C=O) groups excluding carboxylic acids is 2. The summed E-state index contributed by atoms with van der Waals surface area (Å²) in [4.78, 5) is 25.3. The number of hydrogen-bond acceptors (Lipinski definition) is 5. The fraction of sp³-hybridized carbons (Fsp3) is 0.811. The normalized spacial score (nSPS) is 12.5. The minimum atomic E-state index is -0.544. The van der Waals surface area contributed by atoms with Gasteiger partial charge in [-0.05, 0) is 96.3 Å². The molecule has 0 N–H and O–H groups in total. The summed E-state index contributed by atoms with van der Waals surface area (Å²) in [5.41, 5.74) is 0. The first-order chi connectivity index (χ1) is 28.6. The summed E-state index contributed by atoms with van der Waals surface area (Å²) in [5.74, 6) is -0.414. The van der Waals surface area contributed by atoms with Gasteiger partial charge in [-0.25, -0.2) is 0 Å². The zero-order valence-electron chi connectivity index (χ0n) is 38.8. The summed E-state index contributed by atoms with van der Waals surface area (Å²) >= 11 is 0. The van der Waals surface area contributed by atoms with E-state index in [-0.39, 0.29) is 25.2 Å². The summed E-state index contributed by atoms with van der Waals surface area (Å²) in [7, 11) is 0. The molecule has 0 aliphatic heterocycles. The van der Waals surface area contributed by atoms with Crippen LogP contribution in [0, 0.1) is 0 Å². The van der Waals surface area contributed by atoms with E-state index in [9.17, 15) is 9.59 Å². The maximum absolute atomic E-state index is 12.7. The molecule has 0 bridgehead atoms. The van der Waals surface area contributed by atoms with Crippen LogP contribution < -0.4 is 0 Å². The highest BCUT2D eigenvalue weighted by Crippen LogP contribution is 2.14. The van der Waals surface area contributed by atoms with Gasteiger partial charge in [-0.1, -0.05) is 191 Å². The van der Waals surface area contributed by atoms with Crippen molar-refractivity contribution in [2.45, 2.75) is 258 Å². The van der Waals surface area contributed by atoms with E-state index in [0.29, 0.717) is 19.4 Å². The van der Waals surface area contributed by atoms with Gasteiger partial charge >= 0.3 is 11.9 Å². The van der Waals surface area contributed by atoms with Gasteiger partial charge in [0.15, 0.2) is 6.10 Å². The number of esters is 2. The molecular weight excluding hydrogens is 717 g/mol. The van der Waals surface area contributed by atoms with Crippen molar-refractivity contribution in [3.05, 3.63) is 48.6 Å². The van der Waals surface area contributed by atoms with Crippen molar-refractivity contribution in [2.75, 3.05) is 19.8 Å². The van der Waals surface area contributed by atoms with Crippen molar-refractivity contribution in [3.8, 4) is 0 Å². The van der Waals surface area contributed by atoms with E-state index in [0.717, 1.165) is 64.2 Å². The second-order valence-electron chi connectivity index (χ2n) is 16.7. The van der Waals surface area contributed by atoms with Crippen molar-refractivity contribution in [1.82, 2.24) is 0 Å². The summed E-state index contributed by atoms with van der Waals surface area (Å²) in [6.45, 7) is 7.74. The minimum absolute atomic E-state index is 0.0766. The van der Waals surface area contributed by atoms with Gasteiger partial charge in [-0.2, -0.15) is 0 Å². The topological polar surface area (TPSA) is 61.8 Å². The second-order valence-corrected chi connectivity index (χ2v) is 16.7. The minimum Gasteiger partial charge on any atom is -0.462 e. The Hall–Kier alpha value is -2.14. The summed E-state index contributed by atoms with van der Waals surface area (Å²) in [6.07, 6.45) is 59.7. The smallest absolute Gasteiger partial charge is 0.306 e. The van der Waals surface area contributed by atoms with Crippen LogP contribution in [0.5, 0.6) is 0 Å². The van der Waals surface area contributed by atoms with Crippen molar-refractivity contribution >= 4 is 11.9 Å². The molecule has 0 aromatic rings. The summed E-state index contributed by atoms with van der Waals surface area (Å²) in [5, 5.41) is 0. The van der Waals surface area contributed by atoms with Crippen LogP contribution >= 0.6 is 0 Å². The molecule has 0 amide bonds. The Morgan fingerprint density at radius 3 is 1.24 bits per heavy atom. The van der Waals surface area contributed by atoms with Gasteiger partial charge in [-0.15, -0.1) is 0 Å². The quantitative estimate of drug-likeness (QED) is 0.0348. The Kier molecular flexibility index (Phi) is 47.4. The average Bonchev–Trinajstić information content (AvgIpc) is 3.22. The molecule has 5 heteroatoms. The van der Waals surface area contributed by atoms with Gasteiger partial charge in [0.1, 0.15) is 6.61 Å². The largest absolute Gasteiger partial charge is 0.462 e. The molecule has 338 valence electrons. The lowest BCUT2D eigenvalue weighted by atomic mass is 10.1. The standard InChI is InChI=1S/C53H96O5/c1-4-7-10-13-16-19-22-24-26-27-28-29-32-34-37-40-43-46-52(54)57-50-51(58-53(55)47-44-41-38-35-31-21-18-15-12-9-6-3)49-56-48-45-42-39-36-33-30-25-23-20-17-14-11-8-5-2/h15-16,18-20,23-24,26,51H,4-14,17,21-22,25,27-50H2,1-3H3/b18-15-,19-16-,23-20-,26-24-. The highest BCUT2D eigenvalue weighted by molar-refractivity contribution is 5.70. The predicted octanol–water partition coefficient (Wildman–Crippen LogP) is 16.8. The molecule has 5 nitrogen and oxygen atoms in total. The van der Waals surface area contributed by atoms with Gasteiger partial charge in [0.05, 0.1) is 6.61 Å². The molecule has 0 heterocycles. The molecule has 0 radical (unpaired) electrons. The monoisotopic (exact) mass is 813 g/mol. The van der Waals surface area contributed by atoms with Crippen molar-refractivity contribution in [2.24, 2.45) is 0 Å². The summed E-state index contributed by atoms with van der Waals surface area (Å²) in [6, 6.07) is 0. The molecule has 58 heavy (non-hydrogen) atoms. The van der Waals surface area contributed by atoms with Gasteiger partial charge in [0, 0.05) is 19.4 Å². The first-order valence-corrected chi connectivity index (χ1v) is 25.2. The molecule has 0 saturated heterocycles. The third-order valence-electron chi connectivity index (χ3n) is 10.8. The van der Waals surface area contributed by atoms with E-state index in [1.54, 1.807) is 0 Å². The van der Waals surface area contributed by atoms with E-state index in [4.69, 9.17) is 14.2 Å². The van der Waals surface area contributed by atoms with Crippen molar-refractivity contribution in [1.29, 1.82) is 0 Å². The van der Waals surface area contributed by atoms with Crippen LogP contribution in [0.1, 0.15) is 252 Å². The number of rotatable bonds is 46. The van der Waals surface area contributed by atoms with Gasteiger partial charge in [0.25, 0.3) is 0 Å². The third kappa shape index (κ3) is 46.5. The Balaban J connectivity index is 4.25. The van der Waals surface area contributed by atoms with Crippen LogP contribution in [0.15, 0.2) is 48.6 Å². The van der Waals surface area contributed by atoms with E-state index in [1.165, 1.54) is 154 Å². The first-order valence-electron chi connectivity index (χ1n) is 25.2. The molecule has 0 rings (SSSR count). The lowest BCUT2D eigenvalue weighted by Gasteiger charge is -2.18. The number of carbonyl (C=O) groups is 2. The van der Waals surface area contributed by atoms with Crippen LogP contribution in [0.25, 0.3) is 0 Å². The van der Waals surface area contributed by atoms with Crippen molar-refractivity contribution < 1.29 is 23.8 Å². The number of unbranched alkanes of at least 4 members (excludes halogenated alkanes) is 27. The zero-order valence-corrected chi connectivity index (χ0v) is 38.8. The van der Waals surface area contributed by atoms with Crippen LogP contribution in [0.2, 0.25) is 0 Å². The predicted molar refractivity (Wildman–Crippen MR) is 251 cm³/mol.